The summed E-state index contributed by atoms with van der Waals surface area (Å²) in [6, 6.07) is 6.41. The summed E-state index contributed by atoms with van der Waals surface area (Å²) in [6.45, 7) is 2.15. The number of esters is 1. The van der Waals surface area contributed by atoms with E-state index in [4.69, 9.17) is 21.1 Å². The summed E-state index contributed by atoms with van der Waals surface area (Å²) in [7, 11) is 2.84. The zero-order valence-electron chi connectivity index (χ0n) is 16.0. The Labute approximate surface area is 179 Å². The Morgan fingerprint density at radius 1 is 1.28 bits per heavy atom. The van der Waals surface area contributed by atoms with Gasteiger partial charge in [-0.3, -0.25) is 4.79 Å². The number of aromatic nitrogens is 1. The second-order valence-electron chi connectivity index (χ2n) is 6.13. The maximum absolute atomic E-state index is 13.1. The van der Waals surface area contributed by atoms with E-state index in [0.717, 1.165) is 32.1 Å². The van der Waals surface area contributed by atoms with Gasteiger partial charge in [0.1, 0.15) is 9.71 Å². The van der Waals surface area contributed by atoms with Crippen LogP contribution in [0.25, 0.3) is 10.2 Å². The Kier molecular flexibility index (Phi) is 6.18. The number of hydrazine groups is 1. The first-order chi connectivity index (χ1) is 13.8. The molecular weight excluding hydrogens is 460 g/mol. The summed E-state index contributed by atoms with van der Waals surface area (Å²) in [6.07, 6.45) is 0. The molecule has 0 spiro atoms. The first-order valence-electron chi connectivity index (χ1n) is 8.44. The largest absolute Gasteiger partial charge is 0.465 e. The summed E-state index contributed by atoms with van der Waals surface area (Å²) in [4.78, 5) is 30.5. The van der Waals surface area contributed by atoms with Crippen LogP contribution in [0.2, 0.25) is 0 Å². The average molecular weight is 479 g/mol. The van der Waals surface area contributed by atoms with Gasteiger partial charge in [0, 0.05) is 22.5 Å². The van der Waals surface area contributed by atoms with Crippen LogP contribution < -0.4 is 16.6 Å². The Bertz CT molecular complexity index is 1120. The van der Waals surface area contributed by atoms with Crippen LogP contribution in [0.4, 0.5) is 11.4 Å². The fourth-order valence-electron chi connectivity index (χ4n) is 2.96. The summed E-state index contributed by atoms with van der Waals surface area (Å²) >= 11 is 4.65. The number of rotatable bonds is 5. The minimum Gasteiger partial charge on any atom is -0.465 e. The van der Waals surface area contributed by atoms with Gasteiger partial charge in [0.15, 0.2) is 0 Å². The van der Waals surface area contributed by atoms with E-state index in [-0.39, 0.29) is 21.8 Å². The van der Waals surface area contributed by atoms with E-state index in [9.17, 15) is 9.59 Å². The van der Waals surface area contributed by atoms with Gasteiger partial charge in [-0.2, -0.15) is 0 Å². The summed E-state index contributed by atoms with van der Waals surface area (Å²) in [5.41, 5.74) is 8.54. The van der Waals surface area contributed by atoms with Gasteiger partial charge >= 0.3 is 5.97 Å². The first-order valence-corrected chi connectivity index (χ1v) is 10.0. The molecular formula is C19H19BrN4O4S. The molecule has 1 aromatic carbocycles. The Balaban J connectivity index is 2.12. The number of hydrogen-bond donors (Lipinski definition) is 2. The predicted octanol–water partition coefficient (Wildman–Crippen LogP) is 3.40. The monoisotopic (exact) mass is 478 g/mol. The molecule has 8 nitrogen and oxygen atoms in total. The number of nitrogens with zero attached hydrogens (tertiary/aromatic N) is 2. The number of para-hydroxylation sites is 1. The predicted molar refractivity (Wildman–Crippen MR) is 116 cm³/mol. The smallest absolute Gasteiger partial charge is 0.340 e. The number of aryl methyl sites for hydroxylation is 1. The standard InChI is InChI=1S/C19H19BrN4O4S/c1-9-14(20)11(8-27-2)13-15(21)16(29-17(13)23-9)18(25)24(22)12-7-5-4-6-10(12)19(26)28-3/h4-7H,8,21-22H2,1-3H3. The third kappa shape index (κ3) is 3.71. The van der Waals surface area contributed by atoms with E-state index in [1.54, 1.807) is 25.3 Å². The van der Waals surface area contributed by atoms with Gasteiger partial charge in [-0.25, -0.2) is 20.6 Å². The highest BCUT2D eigenvalue weighted by Gasteiger charge is 2.27. The van der Waals surface area contributed by atoms with Crippen LogP contribution in [-0.2, 0) is 16.1 Å². The second-order valence-corrected chi connectivity index (χ2v) is 7.92. The number of carbonyl (C=O) groups is 2. The van der Waals surface area contributed by atoms with Gasteiger partial charge in [0.05, 0.1) is 36.3 Å². The lowest BCUT2D eigenvalue weighted by Crippen LogP contribution is -2.38. The van der Waals surface area contributed by atoms with Gasteiger partial charge in [-0.15, -0.1) is 11.3 Å². The van der Waals surface area contributed by atoms with Crippen LogP contribution in [0.1, 0.15) is 31.3 Å². The molecule has 0 aliphatic carbocycles. The van der Waals surface area contributed by atoms with E-state index in [0.29, 0.717) is 16.8 Å². The third-order valence-corrected chi connectivity index (χ3v) is 6.49. The van der Waals surface area contributed by atoms with Crippen molar-refractivity contribution in [3.63, 3.8) is 0 Å². The number of nitrogens with two attached hydrogens (primary N) is 2. The molecule has 3 aromatic rings. The highest BCUT2D eigenvalue weighted by atomic mass is 79.9. The first kappa shape index (κ1) is 21.2. The summed E-state index contributed by atoms with van der Waals surface area (Å²) in [5, 5.41) is 1.54. The zero-order valence-corrected chi connectivity index (χ0v) is 18.4. The lowest BCUT2D eigenvalue weighted by atomic mass is 10.1. The molecule has 0 atom stereocenters. The third-order valence-electron chi connectivity index (χ3n) is 4.35. The number of nitrogen functional groups attached to an aromatic ring is 1. The SMILES string of the molecule is COCc1c(Br)c(C)nc2sc(C(=O)N(N)c3ccccc3C(=O)OC)c(N)c12. The molecule has 0 unspecified atom stereocenters. The number of ether oxygens (including phenoxy) is 2. The van der Waals surface area contributed by atoms with Crippen molar-refractivity contribution in [2.75, 3.05) is 25.0 Å². The van der Waals surface area contributed by atoms with Crippen molar-refractivity contribution in [1.29, 1.82) is 0 Å². The Morgan fingerprint density at radius 3 is 2.62 bits per heavy atom. The molecule has 3 rings (SSSR count). The van der Waals surface area contributed by atoms with E-state index in [1.165, 1.54) is 13.2 Å². The van der Waals surface area contributed by atoms with Gasteiger partial charge in [0.2, 0.25) is 0 Å². The number of methoxy groups -OCH3 is 2. The lowest BCUT2D eigenvalue weighted by molar-refractivity contribution is 0.0601. The normalized spacial score (nSPS) is 10.9. The van der Waals surface area contributed by atoms with E-state index in [1.807, 2.05) is 6.92 Å². The fourth-order valence-corrected chi connectivity index (χ4v) is 4.47. The molecule has 0 fully saturated rings. The van der Waals surface area contributed by atoms with Gasteiger partial charge in [0.25, 0.3) is 5.91 Å². The lowest BCUT2D eigenvalue weighted by Gasteiger charge is -2.18. The number of thiophene rings is 1. The highest BCUT2D eigenvalue weighted by molar-refractivity contribution is 9.10. The van der Waals surface area contributed by atoms with E-state index >= 15 is 0 Å². The number of amides is 1. The molecule has 0 saturated carbocycles. The number of pyridine rings is 1. The van der Waals surface area contributed by atoms with Crippen LogP contribution in [0.15, 0.2) is 28.7 Å². The van der Waals surface area contributed by atoms with Crippen molar-refractivity contribution < 1.29 is 19.1 Å². The molecule has 10 heteroatoms. The molecule has 2 aromatic heterocycles. The zero-order chi connectivity index (χ0) is 21.3. The van der Waals surface area contributed by atoms with Gasteiger partial charge in [-0.05, 0) is 35.0 Å². The minimum atomic E-state index is -0.600. The summed E-state index contributed by atoms with van der Waals surface area (Å²) < 4.78 is 10.8. The molecule has 1 amide bonds. The van der Waals surface area contributed by atoms with Crippen molar-refractivity contribution in [2.24, 2.45) is 5.84 Å². The van der Waals surface area contributed by atoms with Crippen molar-refractivity contribution in [3.8, 4) is 0 Å². The van der Waals surface area contributed by atoms with E-state index in [2.05, 4.69) is 20.9 Å². The molecule has 0 radical (unpaired) electrons. The number of halogens is 1. The molecule has 0 bridgehead atoms. The molecule has 2 heterocycles. The summed E-state index contributed by atoms with van der Waals surface area (Å²) in [5.74, 6) is 4.93. The minimum absolute atomic E-state index is 0.169. The van der Waals surface area contributed by atoms with Crippen molar-refractivity contribution in [3.05, 3.63) is 50.4 Å². The number of benzene rings is 1. The maximum atomic E-state index is 13.1. The number of anilines is 2. The van der Waals surface area contributed by atoms with Crippen molar-refractivity contribution in [2.45, 2.75) is 13.5 Å². The van der Waals surface area contributed by atoms with E-state index < -0.39 is 11.9 Å². The Morgan fingerprint density at radius 2 is 1.97 bits per heavy atom. The van der Waals surface area contributed by atoms with Gasteiger partial charge < -0.3 is 15.2 Å². The topological polar surface area (TPSA) is 121 Å². The van der Waals surface area contributed by atoms with Crippen molar-refractivity contribution in [1.82, 2.24) is 4.98 Å². The quantitative estimate of drug-likeness (QED) is 0.249. The maximum Gasteiger partial charge on any atom is 0.340 e. The molecule has 0 aliphatic heterocycles. The average Bonchev–Trinajstić information content (AvgIpc) is 3.05. The number of hydrogen-bond acceptors (Lipinski definition) is 8. The van der Waals surface area contributed by atoms with Crippen LogP contribution in [0, 0.1) is 6.92 Å². The Hall–Kier alpha value is -2.53. The number of carbonyl (C=O) groups excluding carboxylic acids is 2. The van der Waals surface area contributed by atoms with Crippen molar-refractivity contribution >= 4 is 60.7 Å². The number of fused-ring (bicyclic) bond motifs is 1. The van der Waals surface area contributed by atoms with Crippen LogP contribution in [0.3, 0.4) is 0 Å². The van der Waals surface area contributed by atoms with Crippen LogP contribution in [0.5, 0.6) is 0 Å². The van der Waals surface area contributed by atoms with Gasteiger partial charge in [-0.1, -0.05) is 12.1 Å². The fraction of sp³-hybridized carbons (Fsp3) is 0.211. The second kappa shape index (κ2) is 8.46. The molecule has 0 aliphatic rings. The van der Waals surface area contributed by atoms with Crippen LogP contribution in [-0.4, -0.2) is 31.1 Å². The molecule has 29 heavy (non-hydrogen) atoms. The van der Waals surface area contributed by atoms with Crippen LogP contribution >= 0.6 is 27.3 Å². The molecule has 0 saturated heterocycles. The molecule has 152 valence electrons. The molecule has 4 N–H and O–H groups in total. The highest BCUT2D eigenvalue weighted by Crippen LogP contribution is 2.40.